The fourth-order valence-electron chi connectivity index (χ4n) is 5.89. The largest absolute Gasteiger partial charge is 0.385 e. The summed E-state index contributed by atoms with van der Waals surface area (Å²) in [5.74, 6) is 2.79. The van der Waals surface area contributed by atoms with Gasteiger partial charge in [-0.05, 0) is 68.6 Å². The van der Waals surface area contributed by atoms with E-state index in [1.807, 2.05) is 0 Å². The van der Waals surface area contributed by atoms with Crippen molar-refractivity contribution in [3.05, 3.63) is 26.9 Å². The summed E-state index contributed by atoms with van der Waals surface area (Å²) in [5.41, 5.74) is 5.42. The minimum Gasteiger partial charge on any atom is -0.385 e. The number of aromatic nitrogens is 2. The van der Waals surface area contributed by atoms with Gasteiger partial charge in [0.2, 0.25) is 0 Å². The van der Waals surface area contributed by atoms with Crippen LogP contribution in [0.2, 0.25) is 0 Å². The van der Waals surface area contributed by atoms with Gasteiger partial charge in [-0.15, -0.1) is 0 Å². The van der Waals surface area contributed by atoms with Crippen molar-refractivity contribution in [3.8, 4) is 0 Å². The Kier molecular flexibility index (Phi) is 2.66. The number of hydrogen-bond donors (Lipinski definition) is 2. The summed E-state index contributed by atoms with van der Waals surface area (Å²) < 4.78 is 1.62. The molecule has 4 bridgehead atoms. The molecule has 0 saturated heterocycles. The molecule has 4 aliphatic carbocycles. The van der Waals surface area contributed by atoms with Gasteiger partial charge >= 0.3 is 5.69 Å². The molecule has 1 aromatic rings. The molecule has 21 heavy (non-hydrogen) atoms. The van der Waals surface area contributed by atoms with Gasteiger partial charge in [-0.2, -0.15) is 0 Å². The molecular formula is C16H23N3O2. The highest BCUT2D eigenvalue weighted by molar-refractivity contribution is 5.27. The quantitative estimate of drug-likeness (QED) is 0.872. The third-order valence-electron chi connectivity index (χ3n) is 6.37. The number of nitrogens with two attached hydrogens (primary N) is 1. The Morgan fingerprint density at radius 1 is 1.19 bits per heavy atom. The molecule has 0 amide bonds. The molecule has 1 unspecified atom stereocenters. The molecule has 4 aliphatic rings. The van der Waals surface area contributed by atoms with Crippen molar-refractivity contribution in [1.29, 1.82) is 0 Å². The third kappa shape index (κ3) is 1.89. The Labute approximate surface area is 123 Å². The zero-order valence-corrected chi connectivity index (χ0v) is 12.5. The lowest BCUT2D eigenvalue weighted by molar-refractivity contribution is -0.0792. The van der Waals surface area contributed by atoms with Gasteiger partial charge in [-0.25, -0.2) is 4.79 Å². The maximum absolute atomic E-state index is 12.2. The van der Waals surface area contributed by atoms with Crippen LogP contribution < -0.4 is 17.0 Å². The first-order chi connectivity index (χ1) is 9.97. The fraction of sp³-hybridized carbons (Fsp3) is 0.750. The summed E-state index contributed by atoms with van der Waals surface area (Å²) in [7, 11) is 0. The monoisotopic (exact) mass is 289 g/mol. The lowest BCUT2D eigenvalue weighted by Crippen LogP contribution is -2.51. The molecule has 4 fully saturated rings. The molecule has 1 aromatic heterocycles. The van der Waals surface area contributed by atoms with Crippen molar-refractivity contribution in [1.82, 2.24) is 9.55 Å². The van der Waals surface area contributed by atoms with Crippen LogP contribution >= 0.6 is 0 Å². The molecule has 0 aromatic carbocycles. The minimum absolute atomic E-state index is 0.0650. The fourth-order valence-corrected chi connectivity index (χ4v) is 5.89. The number of hydrogen-bond acceptors (Lipinski definition) is 3. The van der Waals surface area contributed by atoms with E-state index in [0.29, 0.717) is 5.82 Å². The second-order valence-electron chi connectivity index (χ2n) is 7.69. The molecule has 5 rings (SSSR count). The van der Waals surface area contributed by atoms with Crippen LogP contribution in [0.1, 0.15) is 51.5 Å². The Bertz CT molecular complexity index is 652. The summed E-state index contributed by atoms with van der Waals surface area (Å²) in [6.07, 6.45) is 7.77. The summed E-state index contributed by atoms with van der Waals surface area (Å²) in [4.78, 5) is 26.0. The number of rotatable bonds is 2. The average molecular weight is 289 g/mol. The van der Waals surface area contributed by atoms with Crippen molar-refractivity contribution in [2.24, 2.45) is 23.2 Å². The van der Waals surface area contributed by atoms with Crippen LogP contribution in [-0.4, -0.2) is 9.55 Å². The second kappa shape index (κ2) is 4.24. The predicted octanol–water partition coefficient (Wildman–Crippen LogP) is 1.90. The number of nitrogen functional groups attached to an aromatic ring is 1. The number of H-pyrrole nitrogens is 1. The highest BCUT2D eigenvalue weighted by Gasteiger charge is 2.53. The van der Waals surface area contributed by atoms with Gasteiger partial charge in [0, 0.05) is 12.1 Å². The highest BCUT2D eigenvalue weighted by Crippen LogP contribution is 2.63. The Hall–Kier alpha value is -1.52. The van der Waals surface area contributed by atoms with Crippen molar-refractivity contribution in [2.75, 3.05) is 5.73 Å². The molecule has 4 saturated carbocycles. The Morgan fingerprint density at radius 2 is 1.71 bits per heavy atom. The van der Waals surface area contributed by atoms with Gasteiger partial charge in [-0.1, -0.05) is 0 Å². The van der Waals surface area contributed by atoms with Crippen LogP contribution in [0.15, 0.2) is 15.7 Å². The molecule has 1 atom stereocenters. The summed E-state index contributed by atoms with van der Waals surface area (Å²) in [5, 5.41) is 0. The molecule has 5 heteroatoms. The lowest BCUT2D eigenvalue weighted by atomic mass is 9.48. The van der Waals surface area contributed by atoms with E-state index in [-0.39, 0.29) is 17.1 Å². The van der Waals surface area contributed by atoms with E-state index < -0.39 is 5.56 Å². The topological polar surface area (TPSA) is 80.9 Å². The van der Waals surface area contributed by atoms with E-state index in [9.17, 15) is 9.59 Å². The van der Waals surface area contributed by atoms with E-state index in [0.717, 1.165) is 17.8 Å². The van der Waals surface area contributed by atoms with Crippen LogP contribution in [0, 0.1) is 23.2 Å². The third-order valence-corrected chi connectivity index (χ3v) is 6.37. The first kappa shape index (κ1) is 13.2. The lowest BCUT2D eigenvalue weighted by Gasteiger charge is -2.59. The standard InChI is InChI=1S/C16H23N3O2/c1-9(19-13(17)5-14(20)18-15(19)21)16-6-10-2-11(7-16)4-12(3-10)8-16/h5,9-12H,2-4,6-8,17H2,1H3,(H,18,20,21). The molecule has 5 nitrogen and oxygen atoms in total. The summed E-state index contributed by atoms with van der Waals surface area (Å²) in [6.45, 7) is 2.11. The van der Waals surface area contributed by atoms with Crippen molar-refractivity contribution < 1.29 is 0 Å². The maximum Gasteiger partial charge on any atom is 0.330 e. The summed E-state index contributed by atoms with van der Waals surface area (Å²) in [6, 6.07) is 1.40. The maximum atomic E-state index is 12.2. The SMILES string of the molecule is CC(n1c(N)cc(=O)[nH]c1=O)C12CC3CC(CC(C3)C1)C2. The summed E-state index contributed by atoms with van der Waals surface area (Å²) >= 11 is 0. The van der Waals surface area contributed by atoms with Crippen LogP contribution in [0.4, 0.5) is 5.82 Å². The number of aromatic amines is 1. The minimum atomic E-state index is -0.411. The second-order valence-corrected chi connectivity index (χ2v) is 7.69. The molecule has 114 valence electrons. The van der Waals surface area contributed by atoms with E-state index in [4.69, 9.17) is 5.73 Å². The van der Waals surface area contributed by atoms with Gasteiger partial charge in [0.05, 0.1) is 0 Å². The Morgan fingerprint density at radius 3 is 2.19 bits per heavy atom. The molecule has 0 aliphatic heterocycles. The smallest absolute Gasteiger partial charge is 0.330 e. The molecule has 0 radical (unpaired) electrons. The average Bonchev–Trinajstić information content (AvgIpc) is 2.35. The Balaban J connectivity index is 1.77. The first-order valence-corrected chi connectivity index (χ1v) is 8.08. The molecule has 3 N–H and O–H groups in total. The highest BCUT2D eigenvalue weighted by atomic mass is 16.2. The zero-order chi connectivity index (χ0) is 14.8. The van der Waals surface area contributed by atoms with Gasteiger partial charge in [0.25, 0.3) is 5.56 Å². The van der Waals surface area contributed by atoms with Gasteiger partial charge in [0.1, 0.15) is 5.82 Å². The van der Waals surface area contributed by atoms with E-state index >= 15 is 0 Å². The normalized spacial score (nSPS) is 38.6. The number of nitrogens with one attached hydrogen (secondary N) is 1. The van der Waals surface area contributed by atoms with E-state index in [1.165, 1.54) is 44.6 Å². The van der Waals surface area contributed by atoms with Gasteiger partial charge in [-0.3, -0.25) is 14.3 Å². The van der Waals surface area contributed by atoms with Crippen molar-refractivity contribution in [3.63, 3.8) is 0 Å². The number of anilines is 1. The van der Waals surface area contributed by atoms with Crippen molar-refractivity contribution >= 4 is 5.82 Å². The van der Waals surface area contributed by atoms with Crippen LogP contribution in [-0.2, 0) is 0 Å². The molecule has 1 heterocycles. The van der Waals surface area contributed by atoms with Crippen LogP contribution in [0.5, 0.6) is 0 Å². The van der Waals surface area contributed by atoms with Gasteiger partial charge in [0.15, 0.2) is 0 Å². The van der Waals surface area contributed by atoms with E-state index in [2.05, 4.69) is 11.9 Å². The number of nitrogens with zero attached hydrogens (tertiary/aromatic N) is 1. The van der Waals surface area contributed by atoms with Crippen LogP contribution in [0.3, 0.4) is 0 Å². The predicted molar refractivity (Wildman–Crippen MR) is 81.1 cm³/mol. The van der Waals surface area contributed by atoms with Crippen LogP contribution in [0.25, 0.3) is 0 Å². The zero-order valence-electron chi connectivity index (χ0n) is 12.5. The molecule has 0 spiro atoms. The van der Waals surface area contributed by atoms with E-state index in [1.54, 1.807) is 4.57 Å². The van der Waals surface area contributed by atoms with Crippen molar-refractivity contribution in [2.45, 2.75) is 51.5 Å². The van der Waals surface area contributed by atoms with Gasteiger partial charge < -0.3 is 5.73 Å². The first-order valence-electron chi connectivity index (χ1n) is 8.08. The molecular weight excluding hydrogens is 266 g/mol.